The van der Waals surface area contributed by atoms with Crippen molar-refractivity contribution in [1.82, 2.24) is 14.5 Å². The summed E-state index contributed by atoms with van der Waals surface area (Å²) in [7, 11) is 1.83. The SMILES string of the molecule is CN(Cc1cccs1)C(=O)c1ccc(-n2cnc3ccccc32)cc1. The van der Waals surface area contributed by atoms with Gasteiger partial charge in [-0.1, -0.05) is 18.2 Å². The highest BCUT2D eigenvalue weighted by Gasteiger charge is 2.13. The number of fused-ring (bicyclic) bond motifs is 1. The maximum Gasteiger partial charge on any atom is 0.253 e. The number of carbonyl (C=O) groups is 1. The van der Waals surface area contributed by atoms with Crippen LogP contribution >= 0.6 is 11.3 Å². The zero-order chi connectivity index (χ0) is 17.2. The van der Waals surface area contributed by atoms with Crippen LogP contribution in [0.2, 0.25) is 0 Å². The molecule has 124 valence electrons. The van der Waals surface area contributed by atoms with Gasteiger partial charge in [-0.3, -0.25) is 9.36 Å². The summed E-state index contributed by atoms with van der Waals surface area (Å²) < 4.78 is 2.03. The summed E-state index contributed by atoms with van der Waals surface area (Å²) in [4.78, 5) is 19.9. The molecule has 4 rings (SSSR count). The predicted molar refractivity (Wildman–Crippen MR) is 101 cm³/mol. The molecule has 0 spiro atoms. The second kappa shape index (κ2) is 6.53. The molecule has 0 fully saturated rings. The first-order chi connectivity index (χ1) is 12.2. The molecule has 2 heterocycles. The lowest BCUT2D eigenvalue weighted by atomic mass is 10.1. The van der Waals surface area contributed by atoms with Crippen LogP contribution in [0.15, 0.2) is 72.4 Å². The van der Waals surface area contributed by atoms with Gasteiger partial charge in [0.05, 0.1) is 17.6 Å². The van der Waals surface area contributed by atoms with Crippen molar-refractivity contribution in [2.45, 2.75) is 6.54 Å². The Labute approximate surface area is 150 Å². The number of amides is 1. The minimum absolute atomic E-state index is 0.0236. The van der Waals surface area contributed by atoms with Crippen molar-refractivity contribution in [3.8, 4) is 5.69 Å². The van der Waals surface area contributed by atoms with E-state index in [0.717, 1.165) is 16.7 Å². The highest BCUT2D eigenvalue weighted by atomic mass is 32.1. The van der Waals surface area contributed by atoms with Gasteiger partial charge < -0.3 is 4.90 Å². The Morgan fingerprint density at radius 3 is 2.64 bits per heavy atom. The van der Waals surface area contributed by atoms with E-state index in [2.05, 4.69) is 4.98 Å². The number of para-hydroxylation sites is 2. The molecule has 5 heteroatoms. The average molecular weight is 347 g/mol. The summed E-state index contributed by atoms with van der Waals surface area (Å²) in [6, 6.07) is 19.7. The third kappa shape index (κ3) is 3.06. The Bertz CT molecular complexity index is 1000. The molecule has 0 unspecified atom stereocenters. The number of rotatable bonds is 4. The smallest absolute Gasteiger partial charge is 0.253 e. The van der Waals surface area contributed by atoms with Crippen molar-refractivity contribution in [2.24, 2.45) is 0 Å². The van der Waals surface area contributed by atoms with Crippen LogP contribution in [-0.2, 0) is 6.54 Å². The fourth-order valence-corrected chi connectivity index (χ4v) is 3.62. The van der Waals surface area contributed by atoms with Crippen molar-refractivity contribution in [1.29, 1.82) is 0 Å². The standard InChI is InChI=1S/C20H17N3OS/c1-22(13-17-5-4-12-25-17)20(24)15-8-10-16(11-9-15)23-14-21-18-6-2-3-7-19(18)23/h2-12,14H,13H2,1H3. The number of hydrogen-bond acceptors (Lipinski definition) is 3. The first-order valence-corrected chi connectivity index (χ1v) is 8.91. The molecule has 0 aliphatic rings. The average Bonchev–Trinajstić information content (AvgIpc) is 3.31. The van der Waals surface area contributed by atoms with Gasteiger partial charge in [-0.2, -0.15) is 0 Å². The van der Waals surface area contributed by atoms with Gasteiger partial charge in [0, 0.05) is 23.2 Å². The Hall–Kier alpha value is -2.92. The maximum absolute atomic E-state index is 12.6. The monoisotopic (exact) mass is 347 g/mol. The lowest BCUT2D eigenvalue weighted by molar-refractivity contribution is 0.0786. The van der Waals surface area contributed by atoms with Crippen LogP contribution in [0.25, 0.3) is 16.7 Å². The summed E-state index contributed by atoms with van der Waals surface area (Å²) in [5.41, 5.74) is 3.69. The van der Waals surface area contributed by atoms with E-state index < -0.39 is 0 Å². The van der Waals surface area contributed by atoms with E-state index in [1.54, 1.807) is 16.2 Å². The molecule has 2 aromatic carbocycles. The van der Waals surface area contributed by atoms with Gasteiger partial charge in [-0.15, -0.1) is 11.3 Å². The molecule has 0 saturated carbocycles. The van der Waals surface area contributed by atoms with Gasteiger partial charge in [0.1, 0.15) is 6.33 Å². The zero-order valence-electron chi connectivity index (χ0n) is 13.8. The molecule has 0 radical (unpaired) electrons. The van der Waals surface area contributed by atoms with Crippen LogP contribution in [0.1, 0.15) is 15.2 Å². The quantitative estimate of drug-likeness (QED) is 0.550. The van der Waals surface area contributed by atoms with Gasteiger partial charge in [-0.05, 0) is 47.8 Å². The summed E-state index contributed by atoms with van der Waals surface area (Å²) in [5.74, 6) is 0.0236. The van der Waals surface area contributed by atoms with Crippen molar-refractivity contribution in [3.05, 3.63) is 82.8 Å². The largest absolute Gasteiger partial charge is 0.337 e. The first kappa shape index (κ1) is 15.6. The van der Waals surface area contributed by atoms with Gasteiger partial charge in [0.2, 0.25) is 0 Å². The Balaban J connectivity index is 1.56. The predicted octanol–water partition coefficient (Wildman–Crippen LogP) is 4.36. The Morgan fingerprint density at radius 2 is 1.88 bits per heavy atom. The van der Waals surface area contributed by atoms with Crippen molar-refractivity contribution in [3.63, 3.8) is 0 Å². The molecule has 2 aromatic heterocycles. The lowest BCUT2D eigenvalue weighted by Crippen LogP contribution is -2.25. The highest BCUT2D eigenvalue weighted by molar-refractivity contribution is 7.09. The fraction of sp³-hybridized carbons (Fsp3) is 0.100. The van der Waals surface area contributed by atoms with Gasteiger partial charge >= 0.3 is 0 Å². The number of benzene rings is 2. The summed E-state index contributed by atoms with van der Waals surface area (Å²) in [5, 5.41) is 2.03. The number of aromatic nitrogens is 2. The van der Waals surface area contributed by atoms with Gasteiger partial charge in [0.15, 0.2) is 0 Å². The third-order valence-electron chi connectivity index (χ3n) is 4.17. The molecule has 0 N–H and O–H groups in total. The van der Waals surface area contributed by atoms with E-state index in [1.807, 2.05) is 84.0 Å². The zero-order valence-corrected chi connectivity index (χ0v) is 14.6. The van der Waals surface area contributed by atoms with E-state index in [9.17, 15) is 4.79 Å². The fourth-order valence-electron chi connectivity index (χ4n) is 2.86. The molecule has 4 aromatic rings. The summed E-state index contributed by atoms with van der Waals surface area (Å²) >= 11 is 1.66. The topological polar surface area (TPSA) is 38.1 Å². The van der Waals surface area contributed by atoms with Crippen LogP contribution in [0, 0.1) is 0 Å². The van der Waals surface area contributed by atoms with Gasteiger partial charge in [0.25, 0.3) is 5.91 Å². The van der Waals surface area contributed by atoms with E-state index in [0.29, 0.717) is 12.1 Å². The van der Waals surface area contributed by atoms with Crippen LogP contribution in [0.3, 0.4) is 0 Å². The third-order valence-corrected chi connectivity index (χ3v) is 5.03. The minimum atomic E-state index is 0.0236. The molecule has 4 nitrogen and oxygen atoms in total. The summed E-state index contributed by atoms with van der Waals surface area (Å²) in [6.45, 7) is 0.629. The highest BCUT2D eigenvalue weighted by Crippen LogP contribution is 2.19. The molecular formula is C20H17N3OS. The molecule has 1 amide bonds. The number of hydrogen-bond donors (Lipinski definition) is 0. The molecule has 25 heavy (non-hydrogen) atoms. The molecular weight excluding hydrogens is 330 g/mol. The first-order valence-electron chi connectivity index (χ1n) is 8.03. The molecule has 0 bridgehead atoms. The number of thiophene rings is 1. The number of nitrogens with zero attached hydrogens (tertiary/aromatic N) is 3. The molecule has 0 aliphatic heterocycles. The molecule has 0 saturated heterocycles. The second-order valence-electron chi connectivity index (χ2n) is 5.89. The minimum Gasteiger partial charge on any atom is -0.337 e. The van der Waals surface area contributed by atoms with E-state index >= 15 is 0 Å². The maximum atomic E-state index is 12.6. The van der Waals surface area contributed by atoms with Crippen molar-refractivity contribution in [2.75, 3.05) is 7.05 Å². The molecule has 0 aliphatic carbocycles. The number of imidazole rings is 1. The lowest BCUT2D eigenvalue weighted by Gasteiger charge is -2.16. The van der Waals surface area contributed by atoms with Crippen LogP contribution in [-0.4, -0.2) is 27.4 Å². The van der Waals surface area contributed by atoms with Crippen LogP contribution < -0.4 is 0 Å². The normalized spacial score (nSPS) is 10.9. The van der Waals surface area contributed by atoms with Crippen molar-refractivity contribution < 1.29 is 4.79 Å². The van der Waals surface area contributed by atoms with Crippen molar-refractivity contribution >= 4 is 28.3 Å². The Morgan fingerprint density at radius 1 is 1.08 bits per heavy atom. The van der Waals surface area contributed by atoms with Crippen LogP contribution in [0.4, 0.5) is 0 Å². The van der Waals surface area contributed by atoms with E-state index in [4.69, 9.17) is 0 Å². The Kier molecular flexibility index (Phi) is 4.07. The van der Waals surface area contributed by atoms with E-state index in [-0.39, 0.29) is 5.91 Å². The van der Waals surface area contributed by atoms with Gasteiger partial charge in [-0.25, -0.2) is 4.98 Å². The number of carbonyl (C=O) groups excluding carboxylic acids is 1. The molecule has 0 atom stereocenters. The van der Waals surface area contributed by atoms with Crippen LogP contribution in [0.5, 0.6) is 0 Å². The van der Waals surface area contributed by atoms with E-state index in [1.165, 1.54) is 4.88 Å². The second-order valence-corrected chi connectivity index (χ2v) is 6.92. The summed E-state index contributed by atoms with van der Waals surface area (Å²) in [6.07, 6.45) is 1.81.